The summed E-state index contributed by atoms with van der Waals surface area (Å²) in [6, 6.07) is 0.295. The highest BCUT2D eigenvalue weighted by atomic mass is 16.2. The molecule has 1 aliphatic rings. The van der Waals surface area contributed by atoms with E-state index < -0.39 is 0 Å². The molecule has 2 nitrogen and oxygen atoms in total. The third kappa shape index (κ3) is 4.31. The number of carbonyl (C=O) groups excluding carboxylic acids is 1. The second kappa shape index (κ2) is 8.03. The van der Waals surface area contributed by atoms with E-state index in [1.807, 2.05) is 0 Å². The van der Waals surface area contributed by atoms with E-state index in [1.54, 1.807) is 0 Å². The van der Waals surface area contributed by atoms with Crippen molar-refractivity contribution in [2.45, 2.75) is 75.3 Å². The van der Waals surface area contributed by atoms with Gasteiger partial charge in [0.25, 0.3) is 0 Å². The topological polar surface area (TPSA) is 20.3 Å². The summed E-state index contributed by atoms with van der Waals surface area (Å²) < 4.78 is 0. The average Bonchev–Trinajstić information content (AvgIpc) is 2.52. The summed E-state index contributed by atoms with van der Waals surface area (Å²) in [4.78, 5) is 15.6. The Morgan fingerprint density at radius 2 is 1.22 bits per heavy atom. The minimum atomic E-state index is 0.161. The van der Waals surface area contributed by atoms with E-state index in [9.17, 15) is 4.79 Å². The molecule has 0 aromatic heterocycles. The van der Waals surface area contributed by atoms with Crippen molar-refractivity contribution in [3.05, 3.63) is 0 Å². The molecule has 0 N–H and O–H groups in total. The molecular weight excluding hydrogens is 282 g/mol. The van der Waals surface area contributed by atoms with Crippen LogP contribution in [0.4, 0.5) is 0 Å². The van der Waals surface area contributed by atoms with Crippen molar-refractivity contribution in [3.63, 3.8) is 0 Å². The van der Waals surface area contributed by atoms with E-state index in [0.717, 1.165) is 6.54 Å². The number of rotatable bonds is 5. The lowest BCUT2D eigenvalue weighted by Crippen LogP contribution is -2.44. The van der Waals surface area contributed by atoms with Crippen LogP contribution >= 0.6 is 0 Å². The van der Waals surface area contributed by atoms with Crippen LogP contribution in [0, 0.1) is 47.3 Å². The minimum Gasteiger partial charge on any atom is -0.340 e. The number of carbonyl (C=O) groups is 1. The Bertz CT molecular complexity index is 383. The lowest BCUT2D eigenvalue weighted by Gasteiger charge is -2.42. The van der Waals surface area contributed by atoms with Crippen molar-refractivity contribution < 1.29 is 4.79 Å². The van der Waals surface area contributed by atoms with Crippen molar-refractivity contribution in [3.8, 4) is 0 Å². The minimum absolute atomic E-state index is 0.161. The Kier molecular flexibility index (Phi) is 7.16. The molecule has 1 saturated heterocycles. The summed E-state index contributed by atoms with van der Waals surface area (Å²) in [5.41, 5.74) is 0. The maximum Gasteiger partial charge on any atom is 0.226 e. The Balaban J connectivity index is 3.48. The Morgan fingerprint density at radius 3 is 1.52 bits per heavy atom. The maximum atomic E-state index is 13.4. The highest BCUT2D eigenvalue weighted by molar-refractivity contribution is 5.80. The van der Waals surface area contributed by atoms with Crippen LogP contribution in [0.15, 0.2) is 0 Å². The van der Waals surface area contributed by atoms with Crippen molar-refractivity contribution in [1.82, 2.24) is 4.90 Å². The number of hydrogen-bond acceptors (Lipinski definition) is 1. The first-order chi connectivity index (χ1) is 10.5. The van der Waals surface area contributed by atoms with Crippen LogP contribution in [0.5, 0.6) is 0 Å². The van der Waals surface area contributed by atoms with Crippen molar-refractivity contribution in [2.24, 2.45) is 47.3 Å². The zero-order valence-corrected chi connectivity index (χ0v) is 17.3. The molecule has 0 saturated carbocycles. The van der Waals surface area contributed by atoms with Gasteiger partial charge in [0.2, 0.25) is 5.91 Å². The molecule has 23 heavy (non-hydrogen) atoms. The average molecular weight is 324 g/mol. The lowest BCUT2D eigenvalue weighted by atomic mass is 9.62. The molecule has 1 fully saturated rings. The molecule has 2 heteroatoms. The molecule has 0 aromatic rings. The van der Waals surface area contributed by atoms with Crippen LogP contribution in [0.25, 0.3) is 0 Å². The van der Waals surface area contributed by atoms with Gasteiger partial charge in [0.05, 0.1) is 0 Å². The van der Waals surface area contributed by atoms with Crippen LogP contribution in [0.3, 0.4) is 0 Å². The summed E-state index contributed by atoms with van der Waals surface area (Å²) in [7, 11) is 0. The zero-order chi connectivity index (χ0) is 18.1. The molecule has 1 aliphatic heterocycles. The summed E-state index contributed by atoms with van der Waals surface area (Å²) in [5, 5.41) is 0. The largest absolute Gasteiger partial charge is 0.340 e. The SMILES string of the molecule is CC(C)C1CN(C(C)C)C(=O)C(C(C)C)C(C(C)C)C1C(C)C. The fourth-order valence-corrected chi connectivity index (χ4v) is 4.97. The van der Waals surface area contributed by atoms with Crippen LogP contribution in [0.2, 0.25) is 0 Å². The van der Waals surface area contributed by atoms with Crippen molar-refractivity contribution in [1.29, 1.82) is 0 Å². The number of likely N-dealkylation sites (tertiary alicyclic amines) is 1. The Hall–Kier alpha value is -0.530. The van der Waals surface area contributed by atoms with Crippen LogP contribution in [-0.4, -0.2) is 23.4 Å². The van der Waals surface area contributed by atoms with Gasteiger partial charge >= 0.3 is 0 Å². The van der Waals surface area contributed by atoms with Gasteiger partial charge in [0.15, 0.2) is 0 Å². The van der Waals surface area contributed by atoms with Gasteiger partial charge in [-0.15, -0.1) is 0 Å². The molecule has 1 amide bonds. The summed E-state index contributed by atoms with van der Waals surface area (Å²) in [6.07, 6.45) is 0. The number of hydrogen-bond donors (Lipinski definition) is 0. The monoisotopic (exact) mass is 323 g/mol. The predicted molar refractivity (Wildman–Crippen MR) is 100 cm³/mol. The third-order valence-corrected chi connectivity index (χ3v) is 6.07. The van der Waals surface area contributed by atoms with Gasteiger partial charge in [-0.3, -0.25) is 4.79 Å². The zero-order valence-electron chi connectivity index (χ0n) is 17.3. The number of amides is 1. The first kappa shape index (κ1) is 20.5. The highest BCUT2D eigenvalue weighted by Crippen LogP contribution is 2.46. The van der Waals surface area contributed by atoms with Crippen LogP contribution < -0.4 is 0 Å². The highest BCUT2D eigenvalue weighted by Gasteiger charge is 2.48. The molecule has 1 rings (SSSR count). The van der Waals surface area contributed by atoms with Crippen molar-refractivity contribution in [2.75, 3.05) is 6.54 Å². The first-order valence-electron chi connectivity index (χ1n) is 9.81. The molecule has 136 valence electrons. The molecule has 1 heterocycles. The van der Waals surface area contributed by atoms with Crippen LogP contribution in [-0.2, 0) is 4.79 Å². The summed E-state index contributed by atoms with van der Waals surface area (Å²) in [5.74, 6) is 4.46. The summed E-state index contributed by atoms with van der Waals surface area (Å²) in [6.45, 7) is 23.8. The number of nitrogens with zero attached hydrogens (tertiary/aromatic N) is 1. The van der Waals surface area contributed by atoms with E-state index >= 15 is 0 Å². The van der Waals surface area contributed by atoms with E-state index in [0.29, 0.717) is 53.4 Å². The molecule has 0 spiro atoms. The maximum absolute atomic E-state index is 13.4. The molecule has 0 radical (unpaired) electrons. The molecule has 4 atom stereocenters. The van der Waals surface area contributed by atoms with Gasteiger partial charge in [0, 0.05) is 18.5 Å². The van der Waals surface area contributed by atoms with Crippen molar-refractivity contribution >= 4 is 5.91 Å². The predicted octanol–water partition coefficient (Wildman–Crippen LogP) is 5.33. The molecule has 0 aromatic carbocycles. The Morgan fingerprint density at radius 1 is 0.739 bits per heavy atom. The Labute approximate surface area is 145 Å². The van der Waals surface area contributed by atoms with E-state index in [1.165, 1.54) is 0 Å². The smallest absolute Gasteiger partial charge is 0.226 e. The van der Waals surface area contributed by atoms with Gasteiger partial charge in [-0.2, -0.15) is 0 Å². The fourth-order valence-electron chi connectivity index (χ4n) is 4.97. The first-order valence-corrected chi connectivity index (χ1v) is 9.81. The lowest BCUT2D eigenvalue weighted by molar-refractivity contribution is -0.140. The fraction of sp³-hybridized carbons (Fsp3) is 0.952. The van der Waals surface area contributed by atoms with Gasteiger partial charge in [-0.25, -0.2) is 0 Å². The standard InChI is InChI=1S/C21H41NO/c1-12(2)17-11-22(16(9)10)21(23)20(15(7)8)19(14(5)6)18(17)13(3)4/h12-20H,11H2,1-10H3. The molecule has 4 unspecified atom stereocenters. The van der Waals surface area contributed by atoms with Gasteiger partial charge in [0.1, 0.15) is 0 Å². The normalized spacial score (nSPS) is 30.2. The second-order valence-corrected chi connectivity index (χ2v) is 9.40. The van der Waals surface area contributed by atoms with Gasteiger partial charge in [-0.1, -0.05) is 55.4 Å². The van der Waals surface area contributed by atoms with Gasteiger partial charge < -0.3 is 4.90 Å². The van der Waals surface area contributed by atoms with Gasteiger partial charge in [-0.05, 0) is 55.3 Å². The van der Waals surface area contributed by atoms with E-state index in [2.05, 4.69) is 74.1 Å². The second-order valence-electron chi connectivity index (χ2n) is 9.40. The summed E-state index contributed by atoms with van der Waals surface area (Å²) >= 11 is 0. The van der Waals surface area contributed by atoms with Crippen LogP contribution in [0.1, 0.15) is 69.2 Å². The quantitative estimate of drug-likeness (QED) is 0.670. The van der Waals surface area contributed by atoms with E-state index in [-0.39, 0.29) is 5.92 Å². The molecular formula is C21H41NO. The molecule has 0 bridgehead atoms. The third-order valence-electron chi connectivity index (χ3n) is 6.07. The molecule has 0 aliphatic carbocycles. The van der Waals surface area contributed by atoms with E-state index in [4.69, 9.17) is 0 Å².